The normalized spacial score (nSPS) is 15.3. The highest BCUT2D eigenvalue weighted by atomic mass is 32.2. The van der Waals surface area contributed by atoms with Crippen LogP contribution in [0.5, 0.6) is 0 Å². The molecule has 1 amide bonds. The van der Waals surface area contributed by atoms with Gasteiger partial charge in [0.25, 0.3) is 0 Å². The fourth-order valence-electron chi connectivity index (χ4n) is 2.71. The third-order valence-electron chi connectivity index (χ3n) is 4.10. The highest BCUT2D eigenvalue weighted by Gasteiger charge is 2.42. The lowest BCUT2D eigenvalue weighted by molar-refractivity contribution is 0.0615. The van der Waals surface area contributed by atoms with E-state index in [1.807, 2.05) is 56.6 Å². The molecule has 3 rings (SSSR count). The van der Waals surface area contributed by atoms with E-state index >= 15 is 0 Å². The van der Waals surface area contributed by atoms with Crippen molar-refractivity contribution < 1.29 is 9.53 Å². The number of ether oxygens (including phenoxy) is 1. The van der Waals surface area contributed by atoms with Gasteiger partial charge in [0.2, 0.25) is 0 Å². The van der Waals surface area contributed by atoms with E-state index in [0.717, 1.165) is 22.0 Å². The second-order valence-corrected chi connectivity index (χ2v) is 6.68. The van der Waals surface area contributed by atoms with Crippen LogP contribution >= 0.6 is 11.8 Å². The number of rotatable bonds is 3. The van der Waals surface area contributed by atoms with Crippen molar-refractivity contribution in [2.45, 2.75) is 37.7 Å². The lowest BCUT2D eigenvalue weighted by Gasteiger charge is -2.31. The van der Waals surface area contributed by atoms with E-state index in [-0.39, 0.29) is 12.7 Å². The Morgan fingerprint density at radius 3 is 2.78 bits per heavy atom. The number of carbonyl (C=O) groups is 1. The lowest BCUT2D eigenvalue weighted by atomic mass is 9.98. The molecular formula is C17H19N3O2S. The summed E-state index contributed by atoms with van der Waals surface area (Å²) in [7, 11) is 0. The summed E-state index contributed by atoms with van der Waals surface area (Å²) in [6, 6.07) is 9.67. The molecule has 2 heterocycles. The minimum absolute atomic E-state index is 0.268. The molecule has 120 valence electrons. The predicted octanol–water partition coefficient (Wildman–Crippen LogP) is 3.59. The minimum Gasteiger partial charge on any atom is -0.445 e. The van der Waals surface area contributed by atoms with Crippen LogP contribution in [0, 0.1) is 0 Å². The Morgan fingerprint density at radius 1 is 1.35 bits per heavy atom. The van der Waals surface area contributed by atoms with Crippen LogP contribution in [0.3, 0.4) is 0 Å². The van der Waals surface area contributed by atoms with Crippen molar-refractivity contribution in [3.05, 3.63) is 53.3 Å². The summed E-state index contributed by atoms with van der Waals surface area (Å²) >= 11 is 1.50. The Bertz CT molecular complexity index is 719. The molecule has 1 aliphatic heterocycles. The largest absolute Gasteiger partial charge is 0.445 e. The van der Waals surface area contributed by atoms with Crippen LogP contribution in [0.25, 0.3) is 0 Å². The maximum atomic E-state index is 12.5. The summed E-state index contributed by atoms with van der Waals surface area (Å²) in [6.07, 6.45) is 3.43. The molecule has 23 heavy (non-hydrogen) atoms. The van der Waals surface area contributed by atoms with Gasteiger partial charge in [-0.1, -0.05) is 42.1 Å². The molecule has 0 bridgehead atoms. The van der Waals surface area contributed by atoms with Crippen LogP contribution in [0.15, 0.2) is 41.7 Å². The molecule has 0 spiro atoms. The van der Waals surface area contributed by atoms with Gasteiger partial charge < -0.3 is 4.74 Å². The van der Waals surface area contributed by atoms with Crippen LogP contribution in [0.1, 0.15) is 30.7 Å². The smallest absolute Gasteiger partial charge is 0.411 e. The van der Waals surface area contributed by atoms with E-state index in [0.29, 0.717) is 6.54 Å². The molecule has 0 saturated carbocycles. The molecule has 0 aliphatic carbocycles. The average molecular weight is 329 g/mol. The number of aromatic nitrogens is 2. The molecular weight excluding hydrogens is 310 g/mol. The Hall–Kier alpha value is -2.08. The molecule has 0 fully saturated rings. The zero-order chi connectivity index (χ0) is 16.4. The topological polar surface area (TPSA) is 55.3 Å². The van der Waals surface area contributed by atoms with Crippen molar-refractivity contribution in [3.63, 3.8) is 0 Å². The molecule has 1 aliphatic rings. The molecule has 0 atom stereocenters. The molecule has 0 saturated heterocycles. The summed E-state index contributed by atoms with van der Waals surface area (Å²) < 4.78 is 5.47. The Kier molecular flexibility index (Phi) is 4.26. The van der Waals surface area contributed by atoms with Gasteiger partial charge in [-0.05, 0) is 25.7 Å². The quantitative estimate of drug-likeness (QED) is 0.636. The third kappa shape index (κ3) is 3.03. The number of benzene rings is 1. The first kappa shape index (κ1) is 15.8. The molecule has 6 heteroatoms. The van der Waals surface area contributed by atoms with Gasteiger partial charge in [-0.3, -0.25) is 4.90 Å². The fraction of sp³-hybridized carbons (Fsp3) is 0.353. The highest BCUT2D eigenvalue weighted by molar-refractivity contribution is 7.98. The van der Waals surface area contributed by atoms with Crippen LogP contribution in [-0.2, 0) is 23.4 Å². The monoisotopic (exact) mass is 329 g/mol. The second kappa shape index (κ2) is 6.20. The van der Waals surface area contributed by atoms with E-state index in [1.165, 1.54) is 11.8 Å². The third-order valence-corrected chi connectivity index (χ3v) is 4.66. The van der Waals surface area contributed by atoms with Gasteiger partial charge >= 0.3 is 6.09 Å². The van der Waals surface area contributed by atoms with Gasteiger partial charge in [0.15, 0.2) is 5.16 Å². The van der Waals surface area contributed by atoms with Gasteiger partial charge in [-0.15, -0.1) is 0 Å². The summed E-state index contributed by atoms with van der Waals surface area (Å²) in [5.74, 6) is 0. The van der Waals surface area contributed by atoms with Crippen LogP contribution < -0.4 is 0 Å². The van der Waals surface area contributed by atoms with Crippen molar-refractivity contribution in [2.24, 2.45) is 0 Å². The predicted molar refractivity (Wildman–Crippen MR) is 89.0 cm³/mol. The Labute approximate surface area is 140 Å². The van der Waals surface area contributed by atoms with Crippen LogP contribution in [0.2, 0.25) is 0 Å². The van der Waals surface area contributed by atoms with E-state index in [9.17, 15) is 4.79 Å². The fourth-order valence-corrected chi connectivity index (χ4v) is 3.07. The standard InChI is InChI=1S/C17H19N3O2S/c1-17(2)13-9-18-15(23-3)19-14(13)10-20(17)16(21)22-11-12-7-5-4-6-8-12/h4-9H,10-11H2,1-3H3. The first-order valence-corrected chi connectivity index (χ1v) is 8.63. The SMILES string of the molecule is CSc1ncc2c(n1)CN(C(=O)OCc1ccccc1)C2(C)C. The Morgan fingerprint density at radius 2 is 2.09 bits per heavy atom. The summed E-state index contributed by atoms with van der Waals surface area (Å²) in [5.41, 5.74) is 2.37. The number of hydrogen-bond donors (Lipinski definition) is 0. The van der Waals surface area contributed by atoms with Gasteiger partial charge in [-0.2, -0.15) is 0 Å². The number of fused-ring (bicyclic) bond motifs is 1. The maximum Gasteiger partial charge on any atom is 0.411 e. The zero-order valence-corrected chi connectivity index (χ0v) is 14.3. The summed E-state index contributed by atoms with van der Waals surface area (Å²) in [4.78, 5) is 23.1. The number of thioether (sulfide) groups is 1. The lowest BCUT2D eigenvalue weighted by Crippen LogP contribution is -2.40. The van der Waals surface area contributed by atoms with E-state index in [1.54, 1.807) is 4.90 Å². The average Bonchev–Trinajstić information content (AvgIpc) is 2.84. The van der Waals surface area contributed by atoms with Crippen molar-refractivity contribution >= 4 is 17.9 Å². The van der Waals surface area contributed by atoms with Crippen molar-refractivity contribution in [2.75, 3.05) is 6.26 Å². The van der Waals surface area contributed by atoms with Crippen LogP contribution in [-0.4, -0.2) is 27.2 Å². The number of nitrogens with zero attached hydrogens (tertiary/aromatic N) is 3. The van der Waals surface area contributed by atoms with Gasteiger partial charge in [0, 0.05) is 11.8 Å². The number of carbonyl (C=O) groups excluding carboxylic acids is 1. The second-order valence-electron chi connectivity index (χ2n) is 5.90. The molecule has 2 aromatic rings. The molecule has 1 aromatic carbocycles. The molecule has 0 radical (unpaired) electrons. The first-order valence-electron chi connectivity index (χ1n) is 7.41. The van der Waals surface area contributed by atoms with Crippen molar-refractivity contribution in [1.82, 2.24) is 14.9 Å². The molecule has 1 aromatic heterocycles. The molecule has 0 unspecified atom stereocenters. The first-order chi connectivity index (χ1) is 11.0. The van der Waals surface area contributed by atoms with E-state index < -0.39 is 5.54 Å². The van der Waals surface area contributed by atoms with Crippen molar-refractivity contribution in [3.8, 4) is 0 Å². The number of hydrogen-bond acceptors (Lipinski definition) is 5. The minimum atomic E-state index is -0.472. The number of amides is 1. The highest BCUT2D eigenvalue weighted by Crippen LogP contribution is 2.38. The Balaban J connectivity index is 1.74. The zero-order valence-electron chi connectivity index (χ0n) is 13.4. The summed E-state index contributed by atoms with van der Waals surface area (Å²) in [6.45, 7) is 4.70. The van der Waals surface area contributed by atoms with Crippen molar-refractivity contribution in [1.29, 1.82) is 0 Å². The van der Waals surface area contributed by atoms with E-state index in [4.69, 9.17) is 4.74 Å². The molecule has 5 nitrogen and oxygen atoms in total. The van der Waals surface area contributed by atoms with E-state index in [2.05, 4.69) is 9.97 Å². The maximum absolute atomic E-state index is 12.5. The van der Waals surface area contributed by atoms with Gasteiger partial charge in [0.1, 0.15) is 6.61 Å². The van der Waals surface area contributed by atoms with Crippen LogP contribution in [0.4, 0.5) is 4.79 Å². The van der Waals surface area contributed by atoms with Gasteiger partial charge in [0.05, 0.1) is 17.8 Å². The summed E-state index contributed by atoms with van der Waals surface area (Å²) in [5, 5.41) is 0.721. The molecule has 0 N–H and O–H groups in total. The van der Waals surface area contributed by atoms with Gasteiger partial charge in [-0.25, -0.2) is 14.8 Å².